The molecule has 3 N–H and O–H groups in total. The summed E-state index contributed by atoms with van der Waals surface area (Å²) in [5.41, 5.74) is 6.25. The van der Waals surface area contributed by atoms with Crippen LogP contribution in [0.2, 0.25) is 0 Å². The van der Waals surface area contributed by atoms with Crippen LogP contribution < -0.4 is 25.3 Å². The van der Waals surface area contributed by atoms with Crippen molar-refractivity contribution < 1.29 is 19.0 Å². The van der Waals surface area contributed by atoms with Crippen LogP contribution in [0.5, 0.6) is 17.2 Å². The second kappa shape index (κ2) is 7.19. The van der Waals surface area contributed by atoms with Crippen LogP contribution in [0.1, 0.15) is 22.2 Å². The third-order valence-corrected chi connectivity index (χ3v) is 4.14. The average Bonchev–Trinajstić information content (AvgIpc) is 2.93. The zero-order valence-electron chi connectivity index (χ0n) is 13.4. The van der Waals surface area contributed by atoms with E-state index in [0.29, 0.717) is 39.4 Å². The van der Waals surface area contributed by atoms with Crippen molar-refractivity contribution in [3.63, 3.8) is 0 Å². The topological polar surface area (TPSA) is 95.7 Å². The van der Waals surface area contributed by atoms with Gasteiger partial charge in [0, 0.05) is 12.1 Å². The molecule has 0 radical (unpaired) electrons. The molecule has 0 amide bonds. The molecule has 0 bridgehead atoms. The molecule has 0 saturated heterocycles. The molecule has 2 rings (SSSR count). The molecule has 0 atom stereocenters. The van der Waals surface area contributed by atoms with Crippen LogP contribution in [0.3, 0.4) is 0 Å². The molecule has 2 aromatic rings. The van der Waals surface area contributed by atoms with Gasteiger partial charge in [0.2, 0.25) is 11.5 Å². The van der Waals surface area contributed by atoms with Gasteiger partial charge in [0.1, 0.15) is 10.7 Å². The standard InChI is InChI=1S/C15H19N3O4S/c1-5-17-15-18-14(16)13(23-15)11(19)8-6-9(20-2)12(22-4)10(7-8)21-3/h6-7H,5,16H2,1-4H3,(H,17,18). The number of carbonyl (C=O) groups excluding carboxylic acids is 1. The van der Waals surface area contributed by atoms with Crippen molar-refractivity contribution in [1.29, 1.82) is 0 Å². The highest BCUT2D eigenvalue weighted by Crippen LogP contribution is 2.39. The van der Waals surface area contributed by atoms with Crippen LogP contribution >= 0.6 is 11.3 Å². The summed E-state index contributed by atoms with van der Waals surface area (Å²) in [6, 6.07) is 3.19. The normalized spacial score (nSPS) is 10.3. The fourth-order valence-corrected chi connectivity index (χ4v) is 2.98. The highest BCUT2D eigenvalue weighted by molar-refractivity contribution is 7.18. The number of nitrogens with zero attached hydrogens (tertiary/aromatic N) is 1. The van der Waals surface area contributed by atoms with Crippen LogP contribution in [0, 0.1) is 0 Å². The predicted octanol–water partition coefficient (Wildman–Crippen LogP) is 2.41. The molecular weight excluding hydrogens is 318 g/mol. The number of methoxy groups -OCH3 is 3. The van der Waals surface area contributed by atoms with Crippen LogP contribution in [0.4, 0.5) is 10.9 Å². The Morgan fingerprint density at radius 3 is 2.30 bits per heavy atom. The number of rotatable bonds is 7. The van der Waals surface area contributed by atoms with E-state index in [1.54, 1.807) is 12.1 Å². The molecule has 0 saturated carbocycles. The fourth-order valence-electron chi connectivity index (χ4n) is 2.06. The lowest BCUT2D eigenvalue weighted by Crippen LogP contribution is -2.05. The maximum absolute atomic E-state index is 12.7. The quantitative estimate of drug-likeness (QED) is 0.749. The summed E-state index contributed by atoms with van der Waals surface area (Å²) >= 11 is 1.21. The summed E-state index contributed by atoms with van der Waals surface area (Å²) in [7, 11) is 4.50. The first kappa shape index (κ1) is 16.9. The smallest absolute Gasteiger partial charge is 0.207 e. The second-order valence-corrected chi connectivity index (χ2v) is 5.51. The minimum absolute atomic E-state index is 0.199. The molecule has 0 aliphatic rings. The maximum atomic E-state index is 12.7. The van der Waals surface area contributed by atoms with E-state index in [4.69, 9.17) is 19.9 Å². The number of ether oxygens (including phenoxy) is 3. The lowest BCUT2D eigenvalue weighted by molar-refractivity contribution is 0.104. The molecule has 1 aromatic heterocycles. The Hall–Kier alpha value is -2.48. The number of nitrogens with one attached hydrogen (secondary N) is 1. The van der Waals surface area contributed by atoms with Gasteiger partial charge in [-0.25, -0.2) is 4.98 Å². The molecule has 23 heavy (non-hydrogen) atoms. The van der Waals surface area contributed by atoms with Gasteiger partial charge in [0.05, 0.1) is 21.3 Å². The molecule has 1 aromatic carbocycles. The van der Waals surface area contributed by atoms with E-state index in [-0.39, 0.29) is 11.6 Å². The van der Waals surface area contributed by atoms with Gasteiger partial charge in [-0.15, -0.1) is 0 Å². The first-order chi connectivity index (χ1) is 11.0. The first-order valence-corrected chi connectivity index (χ1v) is 7.72. The van der Waals surface area contributed by atoms with E-state index in [1.165, 1.54) is 32.7 Å². The van der Waals surface area contributed by atoms with Crippen LogP contribution in [-0.4, -0.2) is 38.6 Å². The van der Waals surface area contributed by atoms with Gasteiger partial charge in [-0.2, -0.15) is 0 Å². The number of anilines is 2. The molecule has 0 unspecified atom stereocenters. The molecule has 7 nitrogen and oxygen atoms in total. The van der Waals surface area contributed by atoms with E-state index < -0.39 is 0 Å². The van der Waals surface area contributed by atoms with Crippen molar-refractivity contribution in [2.24, 2.45) is 0 Å². The van der Waals surface area contributed by atoms with Crippen molar-refractivity contribution >= 4 is 28.1 Å². The zero-order chi connectivity index (χ0) is 17.0. The van der Waals surface area contributed by atoms with Crippen LogP contribution in [-0.2, 0) is 0 Å². The van der Waals surface area contributed by atoms with Crippen molar-refractivity contribution in [2.45, 2.75) is 6.92 Å². The molecule has 1 heterocycles. The Kier molecular flexibility index (Phi) is 5.28. The van der Waals surface area contributed by atoms with Crippen molar-refractivity contribution in [2.75, 3.05) is 38.9 Å². The molecule has 0 aliphatic heterocycles. The number of ketones is 1. The Morgan fingerprint density at radius 1 is 1.22 bits per heavy atom. The van der Waals surface area contributed by atoms with Crippen molar-refractivity contribution in [1.82, 2.24) is 4.98 Å². The Bertz CT molecular complexity index is 690. The van der Waals surface area contributed by atoms with E-state index in [2.05, 4.69) is 10.3 Å². The van der Waals surface area contributed by atoms with E-state index in [0.717, 1.165) is 0 Å². The summed E-state index contributed by atoms with van der Waals surface area (Å²) < 4.78 is 15.8. The van der Waals surface area contributed by atoms with Gasteiger partial charge in [0.25, 0.3) is 0 Å². The summed E-state index contributed by atoms with van der Waals surface area (Å²) in [5.74, 6) is 1.20. The van der Waals surface area contributed by atoms with E-state index in [1.807, 2.05) is 6.92 Å². The molecule has 0 aliphatic carbocycles. The summed E-state index contributed by atoms with van der Waals surface area (Å²) in [6.07, 6.45) is 0. The SMILES string of the molecule is CCNc1nc(N)c(C(=O)c2cc(OC)c(OC)c(OC)c2)s1. The number of nitrogens with two attached hydrogens (primary N) is 1. The van der Waals surface area contributed by atoms with Gasteiger partial charge in [0.15, 0.2) is 16.6 Å². The van der Waals surface area contributed by atoms with E-state index >= 15 is 0 Å². The molecule has 124 valence electrons. The summed E-state index contributed by atoms with van der Waals surface area (Å²) in [5, 5.41) is 3.66. The monoisotopic (exact) mass is 337 g/mol. The van der Waals surface area contributed by atoms with Gasteiger partial charge in [-0.05, 0) is 19.1 Å². The highest BCUT2D eigenvalue weighted by atomic mass is 32.1. The molecule has 0 spiro atoms. The number of thiazole rings is 1. The minimum Gasteiger partial charge on any atom is -0.493 e. The first-order valence-electron chi connectivity index (χ1n) is 6.90. The van der Waals surface area contributed by atoms with Gasteiger partial charge < -0.3 is 25.3 Å². The predicted molar refractivity (Wildman–Crippen MR) is 90.2 cm³/mol. The number of nitrogen functional groups attached to an aromatic ring is 1. The van der Waals surface area contributed by atoms with Crippen molar-refractivity contribution in [3.8, 4) is 17.2 Å². The third-order valence-electron chi connectivity index (χ3n) is 3.11. The number of hydrogen-bond donors (Lipinski definition) is 2. The summed E-state index contributed by atoms with van der Waals surface area (Å²) in [6.45, 7) is 2.64. The average molecular weight is 337 g/mol. The number of hydrogen-bond acceptors (Lipinski definition) is 8. The van der Waals surface area contributed by atoms with Gasteiger partial charge >= 0.3 is 0 Å². The summed E-state index contributed by atoms with van der Waals surface area (Å²) in [4.78, 5) is 17.2. The Morgan fingerprint density at radius 2 is 1.83 bits per heavy atom. The molecule has 0 fully saturated rings. The fraction of sp³-hybridized carbons (Fsp3) is 0.333. The number of benzene rings is 1. The second-order valence-electron chi connectivity index (χ2n) is 4.51. The van der Waals surface area contributed by atoms with Crippen LogP contribution in [0.15, 0.2) is 12.1 Å². The zero-order valence-corrected chi connectivity index (χ0v) is 14.2. The van der Waals surface area contributed by atoms with Crippen molar-refractivity contribution in [3.05, 3.63) is 22.6 Å². The lowest BCUT2D eigenvalue weighted by atomic mass is 10.1. The number of carbonyl (C=O) groups is 1. The van der Waals surface area contributed by atoms with Crippen LogP contribution in [0.25, 0.3) is 0 Å². The number of aromatic nitrogens is 1. The minimum atomic E-state index is -0.247. The molecular formula is C15H19N3O4S. The Labute approximate surface area is 138 Å². The largest absolute Gasteiger partial charge is 0.493 e. The van der Waals surface area contributed by atoms with Gasteiger partial charge in [-0.3, -0.25) is 4.79 Å². The Balaban J connectivity index is 2.47. The maximum Gasteiger partial charge on any atom is 0.207 e. The highest BCUT2D eigenvalue weighted by Gasteiger charge is 2.22. The van der Waals surface area contributed by atoms with E-state index in [9.17, 15) is 4.79 Å². The third kappa shape index (κ3) is 3.31. The molecule has 8 heteroatoms. The lowest BCUT2D eigenvalue weighted by Gasteiger charge is -2.13. The van der Waals surface area contributed by atoms with Gasteiger partial charge in [-0.1, -0.05) is 11.3 Å².